The predicted molar refractivity (Wildman–Crippen MR) is 111 cm³/mol. The molecule has 2 aromatic rings. The van der Waals surface area contributed by atoms with Crippen LogP contribution in [-0.4, -0.2) is 20.2 Å². The summed E-state index contributed by atoms with van der Waals surface area (Å²) in [6.07, 6.45) is 8.37. The van der Waals surface area contributed by atoms with Gasteiger partial charge in [0.2, 0.25) is 0 Å². The Bertz CT molecular complexity index is 943. The van der Waals surface area contributed by atoms with Crippen molar-refractivity contribution in [3.05, 3.63) is 54.1 Å². The van der Waals surface area contributed by atoms with Crippen LogP contribution in [-0.2, 0) is 15.4 Å². The highest BCUT2D eigenvalue weighted by Crippen LogP contribution is 2.50. The Morgan fingerprint density at radius 3 is 2.33 bits per heavy atom. The molecule has 1 heterocycles. The Morgan fingerprint density at radius 1 is 0.926 bits per heavy atom. The van der Waals surface area contributed by atoms with Gasteiger partial charge in [0.05, 0.1) is 10.6 Å². The van der Waals surface area contributed by atoms with E-state index >= 15 is 0 Å². The van der Waals surface area contributed by atoms with Crippen LogP contribution in [0.3, 0.4) is 0 Å². The summed E-state index contributed by atoms with van der Waals surface area (Å²) in [5.41, 5.74) is 2.12. The number of anilines is 1. The second-order valence-corrected chi connectivity index (χ2v) is 11.4. The summed E-state index contributed by atoms with van der Waals surface area (Å²) in [7, 11) is -3.53. The van der Waals surface area contributed by atoms with Gasteiger partial charge in [0.1, 0.15) is 0 Å². The minimum absolute atomic E-state index is 0.00365. The van der Waals surface area contributed by atoms with Crippen LogP contribution < -0.4 is 4.31 Å². The summed E-state index contributed by atoms with van der Waals surface area (Å²) in [6.45, 7) is 0.591. The fourth-order valence-corrected chi connectivity index (χ4v) is 7.27. The molecular weight excluding hydrogens is 374 g/mol. The highest BCUT2D eigenvalue weighted by molar-refractivity contribution is 8.00. The van der Waals surface area contributed by atoms with Crippen LogP contribution in [0.2, 0.25) is 0 Å². The van der Waals surface area contributed by atoms with Crippen molar-refractivity contribution < 1.29 is 8.42 Å². The summed E-state index contributed by atoms with van der Waals surface area (Å²) in [5, 5.41) is 0.726. The quantitative estimate of drug-likeness (QED) is 0.695. The van der Waals surface area contributed by atoms with Gasteiger partial charge in [0.15, 0.2) is 0 Å². The molecular formula is C22H25NO2S2. The molecule has 1 aliphatic heterocycles. The van der Waals surface area contributed by atoms with Gasteiger partial charge in [0, 0.05) is 22.1 Å². The lowest BCUT2D eigenvalue weighted by Gasteiger charge is -2.34. The van der Waals surface area contributed by atoms with E-state index in [1.165, 1.54) is 42.6 Å². The van der Waals surface area contributed by atoms with Crippen LogP contribution in [0.25, 0.3) is 0 Å². The van der Waals surface area contributed by atoms with Crippen molar-refractivity contribution in [3.8, 4) is 0 Å². The Morgan fingerprint density at radius 2 is 1.63 bits per heavy atom. The van der Waals surface area contributed by atoms with E-state index in [1.54, 1.807) is 16.4 Å². The molecule has 1 spiro atoms. The zero-order valence-corrected chi connectivity index (χ0v) is 17.1. The highest BCUT2D eigenvalue weighted by atomic mass is 32.2. The third-order valence-electron chi connectivity index (χ3n) is 6.24. The van der Waals surface area contributed by atoms with Gasteiger partial charge in [-0.3, -0.25) is 4.31 Å². The molecule has 2 fully saturated rings. The largest absolute Gasteiger partial charge is 0.265 e. The minimum Gasteiger partial charge on any atom is -0.265 e. The van der Waals surface area contributed by atoms with E-state index in [-0.39, 0.29) is 5.41 Å². The van der Waals surface area contributed by atoms with Crippen molar-refractivity contribution in [1.29, 1.82) is 0 Å². The normalized spacial score (nSPS) is 21.4. The molecule has 0 radical (unpaired) electrons. The number of para-hydroxylation sites is 1. The van der Waals surface area contributed by atoms with Crippen LogP contribution in [0.1, 0.15) is 50.5 Å². The molecule has 5 heteroatoms. The molecule has 2 aromatic carbocycles. The number of sulfonamides is 1. The molecule has 0 bridgehead atoms. The highest BCUT2D eigenvalue weighted by Gasteiger charge is 2.46. The fourth-order valence-electron chi connectivity index (χ4n) is 4.65. The number of thioether (sulfide) groups is 1. The molecule has 3 aliphatic rings. The number of benzene rings is 2. The monoisotopic (exact) mass is 399 g/mol. The topological polar surface area (TPSA) is 37.4 Å². The predicted octanol–water partition coefficient (Wildman–Crippen LogP) is 5.35. The molecule has 0 amide bonds. The molecule has 0 atom stereocenters. The van der Waals surface area contributed by atoms with Gasteiger partial charge in [-0.2, -0.15) is 0 Å². The average Bonchev–Trinajstić information content (AvgIpc) is 3.46. The lowest BCUT2D eigenvalue weighted by molar-refractivity contribution is 0.315. The summed E-state index contributed by atoms with van der Waals surface area (Å²) in [4.78, 5) is 1.58. The van der Waals surface area contributed by atoms with Gasteiger partial charge in [-0.05, 0) is 61.6 Å². The molecule has 142 valence electrons. The first-order chi connectivity index (χ1) is 13.1. The summed E-state index contributed by atoms with van der Waals surface area (Å²) >= 11 is 1.86. The van der Waals surface area contributed by atoms with Gasteiger partial charge in [0.25, 0.3) is 10.0 Å². The van der Waals surface area contributed by atoms with E-state index in [0.717, 1.165) is 23.8 Å². The Kier molecular flexibility index (Phi) is 4.28. The molecule has 0 unspecified atom stereocenters. The molecule has 0 N–H and O–H groups in total. The van der Waals surface area contributed by atoms with E-state index in [9.17, 15) is 8.42 Å². The van der Waals surface area contributed by atoms with Gasteiger partial charge in [-0.25, -0.2) is 8.42 Å². The zero-order chi connectivity index (χ0) is 18.5. The zero-order valence-electron chi connectivity index (χ0n) is 15.4. The van der Waals surface area contributed by atoms with Crippen molar-refractivity contribution in [2.75, 3.05) is 10.8 Å². The van der Waals surface area contributed by atoms with Crippen molar-refractivity contribution in [3.63, 3.8) is 0 Å². The van der Waals surface area contributed by atoms with Crippen molar-refractivity contribution in [2.24, 2.45) is 0 Å². The summed E-state index contributed by atoms with van der Waals surface area (Å²) < 4.78 is 28.7. The van der Waals surface area contributed by atoms with Gasteiger partial charge in [-0.1, -0.05) is 37.5 Å². The standard InChI is InChI=1S/C22H25NO2S2/c24-27(25,19-12-10-18(11-13-19)26-17-8-9-17)23-16-22(14-4-1-5-15-22)20-6-2-3-7-21(20)23/h2-3,6-7,10-13,17H,1,4-5,8-9,14-16H2. The SMILES string of the molecule is O=S(=O)(c1ccc(SC2CC2)cc1)N1CC2(CCCCC2)c2ccccc21. The molecule has 27 heavy (non-hydrogen) atoms. The van der Waals surface area contributed by atoms with Gasteiger partial charge < -0.3 is 0 Å². The number of fused-ring (bicyclic) bond motifs is 2. The maximum absolute atomic E-state index is 13.5. The molecule has 2 saturated carbocycles. The van der Waals surface area contributed by atoms with Gasteiger partial charge in [-0.15, -0.1) is 11.8 Å². The molecule has 5 rings (SSSR count). The Hall–Kier alpha value is -1.46. The van der Waals surface area contributed by atoms with E-state index in [0.29, 0.717) is 11.4 Å². The van der Waals surface area contributed by atoms with Gasteiger partial charge >= 0.3 is 0 Å². The van der Waals surface area contributed by atoms with Crippen LogP contribution in [0.5, 0.6) is 0 Å². The number of hydrogen-bond donors (Lipinski definition) is 0. The summed E-state index contributed by atoms with van der Waals surface area (Å²) in [6, 6.07) is 15.6. The smallest absolute Gasteiger partial charge is 0.264 e. The molecule has 0 saturated heterocycles. The Labute approximate surface area is 166 Å². The van der Waals surface area contributed by atoms with Crippen molar-refractivity contribution in [1.82, 2.24) is 0 Å². The second kappa shape index (κ2) is 6.56. The first-order valence-corrected chi connectivity index (χ1v) is 12.3. The maximum Gasteiger partial charge on any atom is 0.264 e. The molecule has 0 aromatic heterocycles. The van der Waals surface area contributed by atoms with E-state index in [4.69, 9.17) is 0 Å². The molecule has 2 aliphatic carbocycles. The lowest BCUT2D eigenvalue weighted by Crippen LogP contribution is -2.38. The van der Waals surface area contributed by atoms with E-state index in [1.807, 2.05) is 36.0 Å². The number of hydrogen-bond acceptors (Lipinski definition) is 3. The number of nitrogens with zero attached hydrogens (tertiary/aromatic N) is 1. The first-order valence-electron chi connectivity index (χ1n) is 9.98. The van der Waals surface area contributed by atoms with Crippen LogP contribution in [0.4, 0.5) is 5.69 Å². The number of rotatable bonds is 4. The van der Waals surface area contributed by atoms with Crippen molar-refractivity contribution >= 4 is 27.5 Å². The van der Waals surface area contributed by atoms with Crippen LogP contribution >= 0.6 is 11.8 Å². The molecule has 3 nitrogen and oxygen atoms in total. The maximum atomic E-state index is 13.5. The van der Waals surface area contributed by atoms with Crippen LogP contribution in [0.15, 0.2) is 58.3 Å². The van der Waals surface area contributed by atoms with E-state index in [2.05, 4.69) is 12.1 Å². The van der Waals surface area contributed by atoms with E-state index < -0.39 is 10.0 Å². The fraction of sp³-hybridized carbons (Fsp3) is 0.455. The Balaban J connectivity index is 1.49. The van der Waals surface area contributed by atoms with Crippen molar-refractivity contribution in [2.45, 2.75) is 65.4 Å². The first kappa shape index (κ1) is 17.6. The summed E-state index contributed by atoms with van der Waals surface area (Å²) in [5.74, 6) is 0. The van der Waals surface area contributed by atoms with Crippen LogP contribution in [0, 0.1) is 0 Å². The second-order valence-electron chi connectivity index (χ2n) is 8.16. The lowest BCUT2D eigenvalue weighted by atomic mass is 9.71. The third-order valence-corrected chi connectivity index (χ3v) is 9.36. The average molecular weight is 400 g/mol. The third kappa shape index (κ3) is 3.09. The minimum atomic E-state index is -3.53.